The number of carboxylic acid groups (broad SMARTS) is 1. The van der Waals surface area contributed by atoms with Crippen molar-refractivity contribution in [3.8, 4) is 0 Å². The molecule has 0 radical (unpaired) electrons. The lowest BCUT2D eigenvalue weighted by Gasteiger charge is -2.11. The Morgan fingerprint density at radius 2 is 1.86 bits per heavy atom. The first-order valence-electron chi connectivity index (χ1n) is 6.04. The first kappa shape index (κ1) is 15.2. The summed E-state index contributed by atoms with van der Waals surface area (Å²) in [6, 6.07) is 10.7. The van der Waals surface area contributed by atoms with Crippen molar-refractivity contribution in [3.63, 3.8) is 0 Å². The van der Waals surface area contributed by atoms with Gasteiger partial charge in [0.05, 0.1) is 16.5 Å². The number of benzene rings is 2. The van der Waals surface area contributed by atoms with E-state index in [2.05, 4.69) is 21.2 Å². The van der Waals surface area contributed by atoms with Crippen molar-refractivity contribution >= 4 is 33.5 Å². The third kappa shape index (κ3) is 3.66. The minimum atomic E-state index is -0.997. The van der Waals surface area contributed by atoms with E-state index in [1.54, 1.807) is 24.3 Å². The molecule has 0 heterocycles. The molecule has 0 fully saturated rings. The minimum Gasteiger partial charge on any atom is -0.481 e. The van der Waals surface area contributed by atoms with Crippen LogP contribution in [0, 0.1) is 5.82 Å². The molecule has 0 aromatic heterocycles. The van der Waals surface area contributed by atoms with Crippen LogP contribution in [0.15, 0.2) is 46.9 Å². The predicted octanol–water partition coefficient (Wildman–Crippen LogP) is 3.47. The van der Waals surface area contributed by atoms with Gasteiger partial charge in [0.15, 0.2) is 0 Å². The van der Waals surface area contributed by atoms with Gasteiger partial charge in [-0.2, -0.15) is 0 Å². The maximum absolute atomic E-state index is 13.4. The molecule has 0 saturated carbocycles. The molecule has 0 unspecified atom stereocenters. The number of para-hydroxylation sites is 1. The van der Waals surface area contributed by atoms with Crippen LogP contribution in [-0.4, -0.2) is 17.0 Å². The smallest absolute Gasteiger partial charge is 0.307 e. The summed E-state index contributed by atoms with van der Waals surface area (Å²) in [5, 5.41) is 11.5. The van der Waals surface area contributed by atoms with Crippen LogP contribution in [0.4, 0.5) is 10.1 Å². The summed E-state index contributed by atoms with van der Waals surface area (Å²) in [5.41, 5.74) is 1.01. The monoisotopic (exact) mass is 351 g/mol. The molecule has 0 saturated heterocycles. The Morgan fingerprint density at radius 3 is 2.57 bits per heavy atom. The molecule has 1 amide bonds. The van der Waals surface area contributed by atoms with Gasteiger partial charge in [0, 0.05) is 5.69 Å². The summed E-state index contributed by atoms with van der Waals surface area (Å²) >= 11 is 3.02. The quantitative estimate of drug-likeness (QED) is 0.886. The molecule has 4 nitrogen and oxygen atoms in total. The van der Waals surface area contributed by atoms with Crippen LogP contribution < -0.4 is 5.32 Å². The van der Waals surface area contributed by atoms with Crippen molar-refractivity contribution in [3.05, 3.63) is 63.9 Å². The molecular weight excluding hydrogens is 341 g/mol. The third-order valence-corrected chi connectivity index (χ3v) is 3.61. The van der Waals surface area contributed by atoms with Crippen molar-refractivity contribution < 1.29 is 19.1 Å². The van der Waals surface area contributed by atoms with Crippen molar-refractivity contribution in [2.75, 3.05) is 5.32 Å². The first-order chi connectivity index (χ1) is 9.99. The molecule has 0 aliphatic rings. The largest absolute Gasteiger partial charge is 0.481 e. The minimum absolute atomic E-state index is 0.0678. The summed E-state index contributed by atoms with van der Waals surface area (Å²) in [6.07, 6.45) is -0.208. The van der Waals surface area contributed by atoms with E-state index in [0.29, 0.717) is 11.3 Å². The molecule has 2 rings (SSSR count). The van der Waals surface area contributed by atoms with E-state index < -0.39 is 17.7 Å². The van der Waals surface area contributed by atoms with Crippen molar-refractivity contribution in [1.82, 2.24) is 0 Å². The molecular formula is C15H11BrFNO3. The molecule has 2 aromatic rings. The van der Waals surface area contributed by atoms with E-state index >= 15 is 0 Å². The SMILES string of the molecule is O=C(O)Cc1ccccc1NC(=O)c1cccc(F)c1Br. The Labute approximate surface area is 128 Å². The molecule has 0 bridgehead atoms. The van der Waals surface area contributed by atoms with Gasteiger partial charge in [-0.05, 0) is 39.7 Å². The number of carboxylic acids is 1. The van der Waals surface area contributed by atoms with Gasteiger partial charge < -0.3 is 10.4 Å². The number of carbonyl (C=O) groups excluding carboxylic acids is 1. The van der Waals surface area contributed by atoms with Crippen molar-refractivity contribution in [2.24, 2.45) is 0 Å². The summed E-state index contributed by atoms with van der Waals surface area (Å²) in [6.45, 7) is 0. The lowest BCUT2D eigenvalue weighted by Crippen LogP contribution is -2.15. The highest BCUT2D eigenvalue weighted by molar-refractivity contribution is 9.10. The van der Waals surface area contributed by atoms with Gasteiger partial charge in [-0.25, -0.2) is 4.39 Å². The zero-order chi connectivity index (χ0) is 15.4. The molecule has 0 aliphatic heterocycles. The predicted molar refractivity (Wildman–Crippen MR) is 79.8 cm³/mol. The Hall–Kier alpha value is -2.21. The number of aliphatic carboxylic acids is 1. The second kappa shape index (κ2) is 6.49. The van der Waals surface area contributed by atoms with Gasteiger partial charge in [-0.15, -0.1) is 0 Å². The molecule has 2 aromatic carbocycles. The van der Waals surface area contributed by atoms with Crippen LogP contribution in [0.25, 0.3) is 0 Å². The molecule has 6 heteroatoms. The highest BCUT2D eigenvalue weighted by atomic mass is 79.9. The standard InChI is InChI=1S/C15H11BrFNO3/c16-14-10(5-3-6-11(14)17)15(21)18-12-7-2-1-4-9(12)8-13(19)20/h1-7H,8H2,(H,18,21)(H,19,20). The number of nitrogens with one attached hydrogen (secondary N) is 1. The fourth-order valence-corrected chi connectivity index (χ4v) is 2.27. The van der Waals surface area contributed by atoms with Gasteiger partial charge in [-0.3, -0.25) is 9.59 Å². The van der Waals surface area contributed by atoms with E-state index in [1.807, 2.05) is 0 Å². The van der Waals surface area contributed by atoms with Crippen LogP contribution >= 0.6 is 15.9 Å². The van der Waals surface area contributed by atoms with Gasteiger partial charge in [0.25, 0.3) is 5.91 Å². The maximum atomic E-state index is 13.4. The zero-order valence-corrected chi connectivity index (χ0v) is 12.4. The van der Waals surface area contributed by atoms with E-state index in [1.165, 1.54) is 18.2 Å². The number of halogens is 2. The highest BCUT2D eigenvalue weighted by Gasteiger charge is 2.15. The fraction of sp³-hybridized carbons (Fsp3) is 0.0667. The first-order valence-corrected chi connectivity index (χ1v) is 6.83. The Morgan fingerprint density at radius 1 is 1.14 bits per heavy atom. The molecule has 108 valence electrons. The van der Waals surface area contributed by atoms with Crippen LogP contribution in [0.2, 0.25) is 0 Å². The number of hydrogen-bond acceptors (Lipinski definition) is 2. The number of hydrogen-bond donors (Lipinski definition) is 2. The number of rotatable bonds is 4. The van der Waals surface area contributed by atoms with Crippen molar-refractivity contribution in [2.45, 2.75) is 6.42 Å². The number of carbonyl (C=O) groups is 2. The van der Waals surface area contributed by atoms with Crippen LogP contribution in [-0.2, 0) is 11.2 Å². The van der Waals surface area contributed by atoms with E-state index in [-0.39, 0.29) is 16.5 Å². The molecule has 0 spiro atoms. The lowest BCUT2D eigenvalue weighted by atomic mass is 10.1. The number of amides is 1. The molecule has 0 aliphatic carbocycles. The average molecular weight is 352 g/mol. The second-order valence-electron chi connectivity index (χ2n) is 4.28. The average Bonchev–Trinajstić information content (AvgIpc) is 2.43. The van der Waals surface area contributed by atoms with Crippen LogP contribution in [0.1, 0.15) is 15.9 Å². The van der Waals surface area contributed by atoms with Crippen molar-refractivity contribution in [1.29, 1.82) is 0 Å². The topological polar surface area (TPSA) is 66.4 Å². The summed E-state index contributed by atoms with van der Waals surface area (Å²) in [5.74, 6) is -2.05. The third-order valence-electron chi connectivity index (χ3n) is 2.80. The van der Waals surface area contributed by atoms with Crippen LogP contribution in [0.5, 0.6) is 0 Å². The second-order valence-corrected chi connectivity index (χ2v) is 5.08. The van der Waals surface area contributed by atoms with E-state index in [4.69, 9.17) is 5.11 Å². The van der Waals surface area contributed by atoms with Crippen LogP contribution in [0.3, 0.4) is 0 Å². The van der Waals surface area contributed by atoms with Gasteiger partial charge in [-0.1, -0.05) is 24.3 Å². The highest BCUT2D eigenvalue weighted by Crippen LogP contribution is 2.23. The summed E-state index contributed by atoms with van der Waals surface area (Å²) in [7, 11) is 0. The van der Waals surface area contributed by atoms with Gasteiger partial charge in [0.2, 0.25) is 0 Å². The van der Waals surface area contributed by atoms with Gasteiger partial charge in [0.1, 0.15) is 5.82 Å². The number of anilines is 1. The van der Waals surface area contributed by atoms with E-state index in [0.717, 1.165) is 0 Å². The Balaban J connectivity index is 2.28. The fourth-order valence-electron chi connectivity index (χ4n) is 1.83. The summed E-state index contributed by atoms with van der Waals surface area (Å²) < 4.78 is 13.5. The van der Waals surface area contributed by atoms with E-state index in [9.17, 15) is 14.0 Å². The normalized spacial score (nSPS) is 10.2. The molecule has 2 N–H and O–H groups in total. The lowest BCUT2D eigenvalue weighted by molar-refractivity contribution is -0.136. The maximum Gasteiger partial charge on any atom is 0.307 e. The Bertz CT molecular complexity index is 703. The zero-order valence-electron chi connectivity index (χ0n) is 10.8. The molecule has 0 atom stereocenters. The van der Waals surface area contributed by atoms with Gasteiger partial charge >= 0.3 is 5.97 Å². The summed E-state index contributed by atoms with van der Waals surface area (Å²) in [4.78, 5) is 23.0. The Kier molecular flexibility index (Phi) is 4.70. The molecule has 21 heavy (non-hydrogen) atoms.